The standard InChI is InChI=1S/C14H15FN4O2/c1-8-9(2)18-19-13(8)17-12(20)7-16-14(21)10-5-3-4-6-11(10)15/h3-6H,7H2,1-2H3,(H,16,21)(H2,17,18,19,20). The molecule has 0 aliphatic rings. The number of carbonyl (C=O) groups is 2. The van der Waals surface area contributed by atoms with Crippen molar-refractivity contribution in [3.63, 3.8) is 0 Å². The highest BCUT2D eigenvalue weighted by atomic mass is 19.1. The van der Waals surface area contributed by atoms with Gasteiger partial charge < -0.3 is 10.6 Å². The van der Waals surface area contributed by atoms with Crippen molar-refractivity contribution in [3.05, 3.63) is 46.9 Å². The van der Waals surface area contributed by atoms with Gasteiger partial charge in [0.1, 0.15) is 5.82 Å². The Morgan fingerprint density at radius 1 is 1.29 bits per heavy atom. The highest BCUT2D eigenvalue weighted by Gasteiger charge is 2.13. The summed E-state index contributed by atoms with van der Waals surface area (Å²) >= 11 is 0. The van der Waals surface area contributed by atoms with E-state index in [-0.39, 0.29) is 12.1 Å². The number of hydrogen-bond donors (Lipinski definition) is 3. The van der Waals surface area contributed by atoms with Crippen molar-refractivity contribution in [2.75, 3.05) is 11.9 Å². The lowest BCUT2D eigenvalue weighted by molar-refractivity contribution is -0.115. The molecule has 0 saturated heterocycles. The summed E-state index contributed by atoms with van der Waals surface area (Å²) in [6.07, 6.45) is 0. The minimum Gasteiger partial charge on any atom is -0.343 e. The molecule has 2 amide bonds. The average Bonchev–Trinajstić information content (AvgIpc) is 2.77. The number of aromatic nitrogens is 2. The molecule has 1 aromatic heterocycles. The first-order valence-electron chi connectivity index (χ1n) is 6.33. The third kappa shape index (κ3) is 3.44. The number of anilines is 1. The van der Waals surface area contributed by atoms with Crippen LogP contribution in [0.25, 0.3) is 0 Å². The first kappa shape index (κ1) is 14.7. The van der Waals surface area contributed by atoms with Crippen LogP contribution in [0.2, 0.25) is 0 Å². The van der Waals surface area contributed by atoms with Gasteiger partial charge in [-0.25, -0.2) is 4.39 Å². The van der Waals surface area contributed by atoms with Crippen molar-refractivity contribution in [1.82, 2.24) is 15.5 Å². The van der Waals surface area contributed by atoms with Gasteiger partial charge in [0.05, 0.1) is 12.1 Å². The van der Waals surface area contributed by atoms with E-state index in [4.69, 9.17) is 0 Å². The van der Waals surface area contributed by atoms with E-state index >= 15 is 0 Å². The predicted octanol–water partition coefficient (Wildman–Crippen LogP) is 1.53. The second kappa shape index (κ2) is 6.17. The second-order valence-electron chi connectivity index (χ2n) is 4.53. The smallest absolute Gasteiger partial charge is 0.254 e. The van der Waals surface area contributed by atoms with Crippen molar-refractivity contribution in [1.29, 1.82) is 0 Å². The SMILES string of the molecule is Cc1[nH]nc(NC(=O)CNC(=O)c2ccccc2F)c1C. The van der Waals surface area contributed by atoms with Crippen LogP contribution in [0.1, 0.15) is 21.6 Å². The lowest BCUT2D eigenvalue weighted by atomic mass is 10.2. The Kier molecular flexibility index (Phi) is 4.32. The Balaban J connectivity index is 1.91. The van der Waals surface area contributed by atoms with E-state index in [0.29, 0.717) is 5.82 Å². The van der Waals surface area contributed by atoms with Crippen molar-refractivity contribution < 1.29 is 14.0 Å². The van der Waals surface area contributed by atoms with Crippen LogP contribution in [0.3, 0.4) is 0 Å². The van der Waals surface area contributed by atoms with Gasteiger partial charge in [0.2, 0.25) is 5.91 Å². The van der Waals surface area contributed by atoms with Gasteiger partial charge in [-0.3, -0.25) is 14.7 Å². The van der Waals surface area contributed by atoms with Crippen LogP contribution in [0.4, 0.5) is 10.2 Å². The van der Waals surface area contributed by atoms with Crippen LogP contribution in [0.5, 0.6) is 0 Å². The molecule has 1 heterocycles. The Bertz CT molecular complexity index is 681. The highest BCUT2D eigenvalue weighted by molar-refractivity contribution is 5.99. The lowest BCUT2D eigenvalue weighted by Gasteiger charge is -2.06. The molecule has 2 aromatic rings. The Morgan fingerprint density at radius 2 is 2.00 bits per heavy atom. The normalized spacial score (nSPS) is 10.2. The van der Waals surface area contributed by atoms with E-state index in [1.807, 2.05) is 13.8 Å². The predicted molar refractivity (Wildman–Crippen MR) is 75.4 cm³/mol. The molecular formula is C14H15FN4O2. The molecule has 110 valence electrons. The van der Waals surface area contributed by atoms with Crippen molar-refractivity contribution >= 4 is 17.6 Å². The van der Waals surface area contributed by atoms with Crippen LogP contribution in [-0.4, -0.2) is 28.6 Å². The molecule has 0 atom stereocenters. The van der Waals surface area contributed by atoms with Gasteiger partial charge in [0.25, 0.3) is 5.91 Å². The van der Waals surface area contributed by atoms with Crippen molar-refractivity contribution in [2.24, 2.45) is 0 Å². The molecule has 0 bridgehead atoms. The van der Waals surface area contributed by atoms with Gasteiger partial charge >= 0.3 is 0 Å². The molecule has 0 fully saturated rings. The molecule has 0 radical (unpaired) electrons. The Hall–Kier alpha value is -2.70. The van der Waals surface area contributed by atoms with E-state index in [2.05, 4.69) is 20.8 Å². The largest absolute Gasteiger partial charge is 0.343 e. The minimum absolute atomic E-state index is 0.0999. The molecule has 0 unspecified atom stereocenters. The molecule has 0 aliphatic heterocycles. The summed E-state index contributed by atoms with van der Waals surface area (Å²) in [6.45, 7) is 3.38. The Labute approximate surface area is 120 Å². The van der Waals surface area contributed by atoms with E-state index in [9.17, 15) is 14.0 Å². The molecule has 3 N–H and O–H groups in total. The molecule has 7 heteroatoms. The van der Waals surface area contributed by atoms with E-state index in [1.165, 1.54) is 18.2 Å². The number of aryl methyl sites for hydroxylation is 1. The topological polar surface area (TPSA) is 86.9 Å². The molecular weight excluding hydrogens is 275 g/mol. The highest BCUT2D eigenvalue weighted by Crippen LogP contribution is 2.13. The van der Waals surface area contributed by atoms with Crippen molar-refractivity contribution in [3.8, 4) is 0 Å². The number of halogens is 1. The van der Waals surface area contributed by atoms with Gasteiger partial charge in [-0.1, -0.05) is 12.1 Å². The molecule has 21 heavy (non-hydrogen) atoms. The maximum Gasteiger partial charge on any atom is 0.254 e. The summed E-state index contributed by atoms with van der Waals surface area (Å²) in [5.41, 5.74) is 1.57. The van der Waals surface area contributed by atoms with Gasteiger partial charge in [-0.2, -0.15) is 5.10 Å². The number of benzene rings is 1. The number of carbonyl (C=O) groups excluding carboxylic acids is 2. The quantitative estimate of drug-likeness (QED) is 0.798. The maximum absolute atomic E-state index is 13.4. The fourth-order valence-electron chi connectivity index (χ4n) is 1.68. The number of nitrogens with one attached hydrogen (secondary N) is 3. The van der Waals surface area contributed by atoms with Crippen LogP contribution in [0.15, 0.2) is 24.3 Å². The number of rotatable bonds is 4. The zero-order chi connectivity index (χ0) is 15.4. The van der Waals surface area contributed by atoms with Crippen LogP contribution < -0.4 is 10.6 Å². The van der Waals surface area contributed by atoms with Crippen LogP contribution >= 0.6 is 0 Å². The summed E-state index contributed by atoms with van der Waals surface area (Å²) in [4.78, 5) is 23.5. The molecule has 1 aromatic carbocycles. The number of amides is 2. The van der Waals surface area contributed by atoms with Crippen LogP contribution in [0, 0.1) is 19.7 Å². The number of hydrogen-bond acceptors (Lipinski definition) is 3. The first-order chi connectivity index (χ1) is 9.99. The van der Waals surface area contributed by atoms with Gasteiger partial charge in [-0.15, -0.1) is 0 Å². The third-order valence-corrected chi connectivity index (χ3v) is 3.04. The number of aromatic amines is 1. The van der Waals surface area contributed by atoms with E-state index in [0.717, 1.165) is 11.3 Å². The summed E-state index contributed by atoms with van der Waals surface area (Å²) in [6, 6.07) is 5.57. The maximum atomic E-state index is 13.4. The van der Waals surface area contributed by atoms with Crippen LogP contribution in [-0.2, 0) is 4.79 Å². The zero-order valence-electron chi connectivity index (χ0n) is 11.7. The van der Waals surface area contributed by atoms with E-state index in [1.54, 1.807) is 6.07 Å². The Morgan fingerprint density at radius 3 is 2.62 bits per heavy atom. The zero-order valence-corrected chi connectivity index (χ0v) is 11.7. The molecule has 0 spiro atoms. The second-order valence-corrected chi connectivity index (χ2v) is 4.53. The monoisotopic (exact) mass is 290 g/mol. The lowest BCUT2D eigenvalue weighted by Crippen LogP contribution is -2.33. The minimum atomic E-state index is -0.641. The van der Waals surface area contributed by atoms with E-state index < -0.39 is 17.6 Å². The number of nitrogens with zero attached hydrogens (tertiary/aromatic N) is 1. The third-order valence-electron chi connectivity index (χ3n) is 3.04. The van der Waals surface area contributed by atoms with Crippen molar-refractivity contribution in [2.45, 2.75) is 13.8 Å². The molecule has 0 saturated carbocycles. The summed E-state index contributed by atoms with van der Waals surface area (Å²) < 4.78 is 13.4. The molecule has 6 nitrogen and oxygen atoms in total. The number of H-pyrrole nitrogens is 1. The molecule has 2 rings (SSSR count). The van der Waals surface area contributed by atoms with Gasteiger partial charge in [0.15, 0.2) is 5.82 Å². The summed E-state index contributed by atoms with van der Waals surface area (Å²) in [5.74, 6) is -1.29. The summed E-state index contributed by atoms with van der Waals surface area (Å²) in [5, 5.41) is 11.6. The summed E-state index contributed by atoms with van der Waals surface area (Å²) in [7, 11) is 0. The van der Waals surface area contributed by atoms with Gasteiger partial charge in [-0.05, 0) is 26.0 Å². The molecule has 0 aliphatic carbocycles. The fourth-order valence-corrected chi connectivity index (χ4v) is 1.68. The average molecular weight is 290 g/mol. The fraction of sp³-hybridized carbons (Fsp3) is 0.214. The first-order valence-corrected chi connectivity index (χ1v) is 6.33. The van der Waals surface area contributed by atoms with Gasteiger partial charge in [0, 0.05) is 11.3 Å².